The molecule has 0 aromatic heterocycles. The average Bonchev–Trinajstić information content (AvgIpc) is 2.22. The van der Waals surface area contributed by atoms with Gasteiger partial charge in [-0.1, -0.05) is 6.58 Å². The predicted molar refractivity (Wildman–Crippen MR) is 54.4 cm³/mol. The summed E-state index contributed by atoms with van der Waals surface area (Å²) < 4.78 is 19.6. The number of rotatable bonds is 10. The van der Waals surface area contributed by atoms with Gasteiger partial charge in [-0.25, -0.2) is 4.79 Å². The Morgan fingerprint density at radius 1 is 1.13 bits per heavy atom. The number of esters is 1. The molecule has 88 valence electrons. The topological polar surface area (TPSA) is 54.0 Å². The van der Waals surface area contributed by atoms with Gasteiger partial charge in [0, 0.05) is 6.61 Å². The number of carbonyl (C=O) groups excluding carboxylic acids is 1. The highest BCUT2D eigenvalue weighted by Crippen LogP contribution is 1.83. The van der Waals surface area contributed by atoms with E-state index < -0.39 is 5.97 Å². The molecule has 0 aromatic carbocycles. The van der Waals surface area contributed by atoms with E-state index in [2.05, 4.69) is 11.3 Å². The van der Waals surface area contributed by atoms with Crippen molar-refractivity contribution in [3.63, 3.8) is 0 Å². The van der Waals surface area contributed by atoms with Gasteiger partial charge in [-0.3, -0.25) is 0 Å². The molecule has 0 heterocycles. The van der Waals surface area contributed by atoms with E-state index in [0.717, 1.165) is 6.26 Å². The Kier molecular flexibility index (Phi) is 10.5. The Hall–Kier alpha value is -0.910. The largest absolute Gasteiger partial charge is 0.433 e. The van der Waals surface area contributed by atoms with Crippen molar-refractivity contribution in [2.75, 3.05) is 39.6 Å². The minimum absolute atomic E-state index is 0.0825. The molecule has 0 saturated heterocycles. The molecule has 0 N–H and O–H groups in total. The van der Waals surface area contributed by atoms with Crippen LogP contribution in [-0.4, -0.2) is 45.6 Å². The zero-order valence-electron chi connectivity index (χ0n) is 9.07. The fraction of sp³-hybridized carbons (Fsp3) is 0.700. The molecule has 5 heteroatoms. The van der Waals surface area contributed by atoms with Gasteiger partial charge >= 0.3 is 5.97 Å². The highest BCUT2D eigenvalue weighted by Gasteiger charge is 1.99. The summed E-state index contributed by atoms with van der Waals surface area (Å²) in [4.78, 5) is 10.7. The lowest BCUT2D eigenvalue weighted by molar-refractivity contribution is -0.143. The van der Waals surface area contributed by atoms with Crippen LogP contribution in [-0.2, 0) is 23.7 Å². The highest BCUT2D eigenvalue weighted by atomic mass is 16.6. The first-order valence-corrected chi connectivity index (χ1v) is 4.84. The molecular formula is C10H18O5. The number of ether oxygens (including phenoxy) is 4. The van der Waals surface area contributed by atoms with E-state index in [0.29, 0.717) is 33.0 Å². The van der Waals surface area contributed by atoms with Crippen LogP contribution >= 0.6 is 0 Å². The van der Waals surface area contributed by atoms with Crippen molar-refractivity contribution in [2.24, 2.45) is 0 Å². The zero-order chi connectivity index (χ0) is 11.4. The molecule has 0 aliphatic carbocycles. The second-order valence-corrected chi connectivity index (χ2v) is 2.52. The Morgan fingerprint density at radius 2 is 1.73 bits per heavy atom. The zero-order valence-corrected chi connectivity index (χ0v) is 9.07. The summed E-state index contributed by atoms with van der Waals surface area (Å²) >= 11 is 0. The van der Waals surface area contributed by atoms with Gasteiger partial charge in [-0.05, 0) is 6.92 Å². The summed E-state index contributed by atoms with van der Waals surface area (Å²) in [6, 6.07) is 0. The van der Waals surface area contributed by atoms with Crippen LogP contribution in [0, 0.1) is 0 Å². The van der Waals surface area contributed by atoms with Crippen LogP contribution in [0.3, 0.4) is 0 Å². The van der Waals surface area contributed by atoms with Gasteiger partial charge in [0.15, 0.2) is 0 Å². The molecule has 0 fully saturated rings. The van der Waals surface area contributed by atoms with E-state index in [1.165, 1.54) is 0 Å². The van der Waals surface area contributed by atoms with Crippen molar-refractivity contribution >= 4 is 5.97 Å². The molecule has 15 heavy (non-hydrogen) atoms. The third-order valence-electron chi connectivity index (χ3n) is 1.38. The van der Waals surface area contributed by atoms with Crippen LogP contribution in [0.1, 0.15) is 6.92 Å². The van der Waals surface area contributed by atoms with E-state index in [1.807, 2.05) is 6.92 Å². The van der Waals surface area contributed by atoms with Gasteiger partial charge in [0.1, 0.15) is 6.61 Å². The smallest absolute Gasteiger partial charge is 0.336 e. The molecule has 0 spiro atoms. The van der Waals surface area contributed by atoms with Crippen LogP contribution in [0.5, 0.6) is 0 Å². The number of hydrogen-bond acceptors (Lipinski definition) is 5. The van der Waals surface area contributed by atoms with Gasteiger partial charge < -0.3 is 18.9 Å². The first kappa shape index (κ1) is 14.1. The molecular weight excluding hydrogens is 200 g/mol. The standard InChI is InChI=1S/C10H18O5/c1-3-12-5-6-13-7-8-14-9-10(11)15-4-2/h4H,2-3,5-9H2,1H3. The summed E-state index contributed by atoms with van der Waals surface area (Å²) in [5.74, 6) is -0.459. The van der Waals surface area contributed by atoms with Crippen molar-refractivity contribution in [3.05, 3.63) is 12.8 Å². The van der Waals surface area contributed by atoms with E-state index in [4.69, 9.17) is 14.2 Å². The first-order chi connectivity index (χ1) is 7.31. The van der Waals surface area contributed by atoms with Crippen LogP contribution in [0.15, 0.2) is 12.8 Å². The molecule has 0 atom stereocenters. The molecule has 0 aliphatic heterocycles. The number of hydrogen-bond donors (Lipinski definition) is 0. The SMILES string of the molecule is C=COC(=O)COCCOCCOCC. The average molecular weight is 218 g/mol. The molecule has 0 unspecified atom stereocenters. The van der Waals surface area contributed by atoms with Crippen molar-refractivity contribution < 1.29 is 23.7 Å². The molecule has 0 amide bonds. The monoisotopic (exact) mass is 218 g/mol. The maximum Gasteiger partial charge on any atom is 0.336 e. The fourth-order valence-corrected chi connectivity index (χ4v) is 0.765. The Morgan fingerprint density at radius 3 is 2.33 bits per heavy atom. The summed E-state index contributed by atoms with van der Waals surface area (Å²) in [5.41, 5.74) is 0. The summed E-state index contributed by atoms with van der Waals surface area (Å²) in [7, 11) is 0. The van der Waals surface area contributed by atoms with E-state index >= 15 is 0 Å². The van der Waals surface area contributed by atoms with Gasteiger partial charge in [0.05, 0.1) is 32.7 Å². The molecule has 0 bridgehead atoms. The fourth-order valence-electron chi connectivity index (χ4n) is 0.765. The van der Waals surface area contributed by atoms with E-state index in [1.54, 1.807) is 0 Å². The van der Waals surface area contributed by atoms with E-state index in [-0.39, 0.29) is 6.61 Å². The van der Waals surface area contributed by atoms with Crippen LogP contribution in [0.4, 0.5) is 0 Å². The summed E-state index contributed by atoms with van der Waals surface area (Å²) in [5, 5.41) is 0. The lowest BCUT2D eigenvalue weighted by Crippen LogP contribution is -2.14. The Labute approximate surface area is 89.9 Å². The number of carbonyl (C=O) groups is 1. The van der Waals surface area contributed by atoms with Crippen molar-refractivity contribution in [2.45, 2.75) is 6.92 Å². The van der Waals surface area contributed by atoms with Gasteiger partial charge in [0.2, 0.25) is 0 Å². The van der Waals surface area contributed by atoms with Gasteiger partial charge in [0.25, 0.3) is 0 Å². The minimum Gasteiger partial charge on any atom is -0.433 e. The lowest BCUT2D eigenvalue weighted by atomic mass is 10.7. The molecule has 0 aromatic rings. The van der Waals surface area contributed by atoms with Gasteiger partial charge in [-0.15, -0.1) is 0 Å². The maximum atomic E-state index is 10.7. The third-order valence-corrected chi connectivity index (χ3v) is 1.38. The molecule has 0 aliphatic rings. The molecule has 0 saturated carbocycles. The quantitative estimate of drug-likeness (QED) is 0.307. The van der Waals surface area contributed by atoms with E-state index in [9.17, 15) is 4.79 Å². The Balaban J connectivity index is 3.04. The summed E-state index contributed by atoms with van der Waals surface area (Å²) in [6.07, 6.45) is 1.07. The second-order valence-electron chi connectivity index (χ2n) is 2.52. The van der Waals surface area contributed by atoms with Crippen molar-refractivity contribution in [1.29, 1.82) is 0 Å². The second kappa shape index (κ2) is 11.2. The minimum atomic E-state index is -0.459. The summed E-state index contributed by atoms with van der Waals surface area (Å²) in [6.45, 7) is 7.69. The van der Waals surface area contributed by atoms with Crippen LogP contribution in [0.2, 0.25) is 0 Å². The maximum absolute atomic E-state index is 10.7. The molecule has 0 rings (SSSR count). The molecule has 5 nitrogen and oxygen atoms in total. The normalized spacial score (nSPS) is 9.93. The predicted octanol–water partition coefficient (Wildman–Crippen LogP) is 0.743. The van der Waals surface area contributed by atoms with Crippen molar-refractivity contribution in [1.82, 2.24) is 0 Å². The van der Waals surface area contributed by atoms with Crippen LogP contribution in [0.25, 0.3) is 0 Å². The Bertz CT molecular complexity index is 169. The third kappa shape index (κ3) is 11.0. The van der Waals surface area contributed by atoms with Crippen molar-refractivity contribution in [3.8, 4) is 0 Å². The van der Waals surface area contributed by atoms with Crippen LogP contribution < -0.4 is 0 Å². The molecule has 0 radical (unpaired) electrons. The lowest BCUT2D eigenvalue weighted by Gasteiger charge is -2.04. The first-order valence-electron chi connectivity index (χ1n) is 4.84. The highest BCUT2D eigenvalue weighted by molar-refractivity contribution is 5.71. The van der Waals surface area contributed by atoms with Gasteiger partial charge in [-0.2, -0.15) is 0 Å².